The largest absolute Gasteiger partial charge is 0.496 e. The smallest absolute Gasteiger partial charge is 0.297 e. The van der Waals surface area contributed by atoms with Gasteiger partial charge in [-0.05, 0) is 17.7 Å². The summed E-state index contributed by atoms with van der Waals surface area (Å²) in [6, 6.07) is 6.11. The van der Waals surface area contributed by atoms with E-state index in [1.54, 1.807) is 14.2 Å². The van der Waals surface area contributed by atoms with E-state index in [1.807, 2.05) is 31.3 Å². The molecule has 1 atom stereocenters. The van der Waals surface area contributed by atoms with Crippen LogP contribution in [-0.4, -0.2) is 29.2 Å². The van der Waals surface area contributed by atoms with E-state index in [1.165, 1.54) is 0 Å². The molecule has 0 spiro atoms. The van der Waals surface area contributed by atoms with E-state index >= 15 is 0 Å². The summed E-state index contributed by atoms with van der Waals surface area (Å²) >= 11 is 0. The van der Waals surface area contributed by atoms with E-state index in [0.717, 1.165) is 22.2 Å². The number of ether oxygens (including phenoxy) is 1. The highest BCUT2D eigenvalue weighted by molar-refractivity contribution is 5.90. The fraction of sp³-hybridized carbons (Fsp3) is 0.267. The average molecular weight is 287 g/mol. The Labute approximate surface area is 121 Å². The third-order valence-electron chi connectivity index (χ3n) is 3.63. The SMILES string of the molecule is CNc1nc(O)c(C(C)c2c[nH]c3cccc(OC)c23)o1. The molecule has 21 heavy (non-hydrogen) atoms. The highest BCUT2D eigenvalue weighted by atomic mass is 16.5. The molecule has 0 aliphatic carbocycles. The lowest BCUT2D eigenvalue weighted by Crippen LogP contribution is -1.95. The van der Waals surface area contributed by atoms with Crippen LogP contribution in [0, 0.1) is 0 Å². The van der Waals surface area contributed by atoms with Crippen molar-refractivity contribution in [2.45, 2.75) is 12.8 Å². The maximum Gasteiger partial charge on any atom is 0.297 e. The van der Waals surface area contributed by atoms with Crippen LogP contribution in [0.4, 0.5) is 6.01 Å². The molecule has 2 aromatic heterocycles. The van der Waals surface area contributed by atoms with Crippen LogP contribution in [0.5, 0.6) is 11.6 Å². The molecule has 0 aliphatic heterocycles. The Bertz CT molecular complexity index is 776. The molecule has 0 fully saturated rings. The first kappa shape index (κ1) is 13.4. The van der Waals surface area contributed by atoms with Crippen molar-refractivity contribution >= 4 is 16.9 Å². The molecule has 0 saturated carbocycles. The van der Waals surface area contributed by atoms with Gasteiger partial charge >= 0.3 is 0 Å². The van der Waals surface area contributed by atoms with Crippen LogP contribution in [-0.2, 0) is 0 Å². The van der Waals surface area contributed by atoms with E-state index in [4.69, 9.17) is 9.15 Å². The summed E-state index contributed by atoms with van der Waals surface area (Å²) in [6.45, 7) is 1.95. The minimum Gasteiger partial charge on any atom is -0.496 e. The molecule has 2 heterocycles. The van der Waals surface area contributed by atoms with E-state index in [2.05, 4.69) is 15.3 Å². The van der Waals surface area contributed by atoms with Crippen molar-refractivity contribution in [1.29, 1.82) is 0 Å². The van der Waals surface area contributed by atoms with Crippen molar-refractivity contribution in [3.05, 3.63) is 35.7 Å². The van der Waals surface area contributed by atoms with Crippen LogP contribution in [0.25, 0.3) is 10.9 Å². The molecule has 110 valence electrons. The number of fused-ring (bicyclic) bond motifs is 1. The summed E-state index contributed by atoms with van der Waals surface area (Å²) < 4.78 is 11.0. The number of hydrogen-bond donors (Lipinski definition) is 3. The number of nitrogens with one attached hydrogen (secondary N) is 2. The van der Waals surface area contributed by atoms with E-state index < -0.39 is 0 Å². The molecule has 0 aliphatic rings. The van der Waals surface area contributed by atoms with Gasteiger partial charge in [0.2, 0.25) is 0 Å². The Kier molecular flexibility index (Phi) is 3.21. The van der Waals surface area contributed by atoms with Crippen LogP contribution < -0.4 is 10.1 Å². The van der Waals surface area contributed by atoms with Crippen molar-refractivity contribution in [2.24, 2.45) is 0 Å². The van der Waals surface area contributed by atoms with Crippen LogP contribution in [0.2, 0.25) is 0 Å². The van der Waals surface area contributed by atoms with Gasteiger partial charge in [0.15, 0.2) is 5.76 Å². The van der Waals surface area contributed by atoms with Crippen LogP contribution in [0.15, 0.2) is 28.8 Å². The number of oxazole rings is 1. The average Bonchev–Trinajstić information content (AvgIpc) is 3.09. The third-order valence-corrected chi connectivity index (χ3v) is 3.63. The fourth-order valence-electron chi connectivity index (χ4n) is 2.54. The van der Waals surface area contributed by atoms with E-state index in [0.29, 0.717) is 11.8 Å². The second kappa shape index (κ2) is 5.05. The summed E-state index contributed by atoms with van der Waals surface area (Å²) in [5.41, 5.74) is 1.96. The molecular weight excluding hydrogens is 270 g/mol. The molecule has 0 saturated heterocycles. The molecular formula is C15H17N3O3. The Morgan fingerprint density at radius 3 is 2.90 bits per heavy atom. The zero-order chi connectivity index (χ0) is 15.0. The summed E-state index contributed by atoms with van der Waals surface area (Å²) in [5, 5.41) is 13.7. The van der Waals surface area contributed by atoms with Gasteiger partial charge in [-0.3, -0.25) is 0 Å². The van der Waals surface area contributed by atoms with Crippen molar-refractivity contribution < 1.29 is 14.3 Å². The molecule has 3 rings (SSSR count). The number of aromatic hydroxyl groups is 1. The molecule has 1 aromatic carbocycles. The van der Waals surface area contributed by atoms with Crippen LogP contribution in [0.1, 0.15) is 24.2 Å². The van der Waals surface area contributed by atoms with Gasteiger partial charge in [-0.25, -0.2) is 0 Å². The van der Waals surface area contributed by atoms with Crippen LogP contribution >= 0.6 is 0 Å². The number of aromatic nitrogens is 2. The third kappa shape index (κ3) is 2.08. The van der Waals surface area contributed by atoms with Gasteiger partial charge in [0.25, 0.3) is 11.9 Å². The highest BCUT2D eigenvalue weighted by Gasteiger charge is 2.23. The topological polar surface area (TPSA) is 83.3 Å². The van der Waals surface area contributed by atoms with Crippen molar-refractivity contribution in [3.8, 4) is 11.6 Å². The Morgan fingerprint density at radius 2 is 2.24 bits per heavy atom. The first-order chi connectivity index (χ1) is 10.2. The van der Waals surface area contributed by atoms with E-state index in [-0.39, 0.29) is 11.8 Å². The summed E-state index contributed by atoms with van der Waals surface area (Å²) in [6.07, 6.45) is 1.90. The predicted molar refractivity (Wildman–Crippen MR) is 80.1 cm³/mol. The molecule has 3 aromatic rings. The zero-order valence-corrected chi connectivity index (χ0v) is 12.1. The summed E-state index contributed by atoms with van der Waals surface area (Å²) in [7, 11) is 3.33. The van der Waals surface area contributed by atoms with Gasteiger partial charge in [-0.2, -0.15) is 4.98 Å². The molecule has 0 amide bonds. The van der Waals surface area contributed by atoms with Gasteiger partial charge in [0, 0.05) is 30.1 Å². The van der Waals surface area contributed by atoms with Gasteiger partial charge < -0.3 is 24.6 Å². The Balaban J connectivity index is 2.13. The Morgan fingerprint density at radius 1 is 1.43 bits per heavy atom. The maximum absolute atomic E-state index is 9.94. The first-order valence-corrected chi connectivity index (χ1v) is 6.67. The number of nitrogens with zero attached hydrogens (tertiary/aromatic N) is 1. The predicted octanol–water partition coefficient (Wildman–Crippen LogP) is 3.06. The normalized spacial score (nSPS) is 12.5. The fourth-order valence-corrected chi connectivity index (χ4v) is 2.54. The standard InChI is InChI=1S/C15H17N3O3/c1-8(13-14(19)18-15(16-2)21-13)9-7-17-10-5-4-6-11(20-3)12(9)10/h4-8,17,19H,1-3H3,(H,16,18). The maximum atomic E-state index is 9.94. The lowest BCUT2D eigenvalue weighted by molar-refractivity contribution is 0.416. The summed E-state index contributed by atoms with van der Waals surface area (Å²) in [4.78, 5) is 7.13. The Hall–Kier alpha value is -2.63. The van der Waals surface area contributed by atoms with Gasteiger partial charge in [0.05, 0.1) is 7.11 Å². The zero-order valence-electron chi connectivity index (χ0n) is 12.1. The van der Waals surface area contributed by atoms with Crippen LogP contribution in [0.3, 0.4) is 0 Å². The molecule has 6 nitrogen and oxygen atoms in total. The number of H-pyrrole nitrogens is 1. The van der Waals surface area contributed by atoms with Crippen molar-refractivity contribution in [2.75, 3.05) is 19.5 Å². The van der Waals surface area contributed by atoms with Crippen molar-refractivity contribution in [3.63, 3.8) is 0 Å². The van der Waals surface area contributed by atoms with Crippen molar-refractivity contribution in [1.82, 2.24) is 9.97 Å². The minimum absolute atomic E-state index is 0.101. The number of methoxy groups -OCH3 is 1. The monoisotopic (exact) mass is 287 g/mol. The lowest BCUT2D eigenvalue weighted by atomic mass is 9.97. The second-order valence-corrected chi connectivity index (χ2v) is 4.81. The second-order valence-electron chi connectivity index (χ2n) is 4.81. The molecule has 1 unspecified atom stereocenters. The lowest BCUT2D eigenvalue weighted by Gasteiger charge is -2.09. The number of aromatic amines is 1. The molecule has 0 bridgehead atoms. The van der Waals surface area contributed by atoms with Gasteiger partial charge in [-0.15, -0.1) is 0 Å². The molecule has 6 heteroatoms. The van der Waals surface area contributed by atoms with E-state index in [9.17, 15) is 5.11 Å². The molecule has 3 N–H and O–H groups in total. The molecule has 0 radical (unpaired) electrons. The number of benzene rings is 1. The summed E-state index contributed by atoms with van der Waals surface area (Å²) in [5.74, 6) is 0.940. The van der Waals surface area contributed by atoms with Gasteiger partial charge in [0.1, 0.15) is 5.75 Å². The first-order valence-electron chi connectivity index (χ1n) is 6.67. The van der Waals surface area contributed by atoms with Gasteiger partial charge in [-0.1, -0.05) is 13.0 Å². The number of rotatable bonds is 4. The number of hydrogen-bond acceptors (Lipinski definition) is 5. The number of anilines is 1. The minimum atomic E-state index is -0.162. The quantitative estimate of drug-likeness (QED) is 0.687. The highest BCUT2D eigenvalue weighted by Crippen LogP contribution is 2.39.